The first-order chi connectivity index (χ1) is 12.4. The van der Waals surface area contributed by atoms with Gasteiger partial charge in [-0.2, -0.15) is 52.7 Å². The van der Waals surface area contributed by atoms with Crippen molar-refractivity contribution < 1.29 is 57.1 Å². The van der Waals surface area contributed by atoms with Gasteiger partial charge in [0.2, 0.25) is 0 Å². The molecule has 29 heavy (non-hydrogen) atoms. The van der Waals surface area contributed by atoms with Gasteiger partial charge in [-0.05, 0) is 17.7 Å². The molecular weight excluding hydrogens is 509 g/mol. The zero-order valence-corrected chi connectivity index (χ0v) is 15.2. The summed E-state index contributed by atoms with van der Waals surface area (Å²) in [5.41, 5.74) is -17.2. The molecule has 0 aliphatic carbocycles. The van der Waals surface area contributed by atoms with Crippen molar-refractivity contribution in [2.24, 2.45) is 0 Å². The Kier molecular flexibility index (Phi) is 6.69. The van der Waals surface area contributed by atoms with E-state index in [4.69, 9.17) is 34.8 Å². The summed E-state index contributed by atoms with van der Waals surface area (Å²) >= 11 is 15.4. The number of rotatable bonds is 2. The lowest BCUT2D eigenvalue weighted by molar-refractivity contribution is -0.349. The van der Waals surface area contributed by atoms with Crippen molar-refractivity contribution in [3.05, 3.63) is 34.4 Å². The molecule has 0 spiro atoms. The van der Waals surface area contributed by atoms with Crippen LogP contribution in [-0.4, -0.2) is 16.1 Å². The summed E-state index contributed by atoms with van der Waals surface area (Å²) < 4.78 is 167. The van der Waals surface area contributed by atoms with Crippen LogP contribution in [0.15, 0.2) is 12.1 Å². The van der Waals surface area contributed by atoms with E-state index in [0.717, 1.165) is 0 Å². The molecule has 0 unspecified atom stereocenters. The van der Waals surface area contributed by atoms with E-state index in [-0.39, 0.29) is 0 Å². The normalized spacial score (nSPS) is 15.0. The van der Waals surface area contributed by atoms with Crippen LogP contribution < -0.4 is 0 Å². The highest BCUT2D eigenvalue weighted by Gasteiger charge is 2.74. The van der Waals surface area contributed by atoms with Crippen LogP contribution in [0.1, 0.15) is 22.3 Å². The van der Waals surface area contributed by atoms with Crippen molar-refractivity contribution >= 4 is 34.8 Å². The third-order valence-corrected chi connectivity index (χ3v) is 3.81. The van der Waals surface area contributed by atoms with Gasteiger partial charge in [0.05, 0.1) is 11.1 Å². The molecule has 168 valence electrons. The molecule has 0 radical (unpaired) electrons. The topological polar surface area (TPSA) is 0 Å². The lowest BCUT2D eigenvalue weighted by atomic mass is 9.84. The monoisotopic (exact) mass is 512 g/mol. The molecule has 0 heterocycles. The Balaban J connectivity index is 4.25. The van der Waals surface area contributed by atoms with E-state index in [0.29, 0.717) is 0 Å². The van der Waals surface area contributed by atoms with Crippen molar-refractivity contribution in [2.75, 3.05) is 0 Å². The van der Waals surface area contributed by atoms with E-state index in [9.17, 15) is 57.1 Å². The first-order valence-electron chi connectivity index (χ1n) is 6.64. The summed E-state index contributed by atoms with van der Waals surface area (Å²) in [5.74, 6) is 0. The summed E-state index contributed by atoms with van der Waals surface area (Å²) in [6.07, 6.45) is -27.8. The van der Waals surface area contributed by atoms with Crippen molar-refractivity contribution in [3.63, 3.8) is 0 Å². The van der Waals surface area contributed by atoms with Gasteiger partial charge in [0.25, 0.3) is 0 Å². The maximum Gasteiger partial charge on any atom is 0.435 e. The maximum atomic E-state index is 14.4. The highest BCUT2D eigenvalue weighted by molar-refractivity contribution is 6.67. The first-order valence-corrected chi connectivity index (χ1v) is 7.77. The summed E-state index contributed by atoms with van der Waals surface area (Å²) in [7, 11) is 0. The van der Waals surface area contributed by atoms with Crippen LogP contribution in [0.2, 0.25) is 0 Å². The average molecular weight is 514 g/mol. The molecule has 0 aliphatic heterocycles. The molecule has 0 saturated carbocycles. The number of alkyl halides is 16. The van der Waals surface area contributed by atoms with Crippen molar-refractivity contribution in [1.29, 1.82) is 0 Å². The molecule has 0 bridgehead atoms. The molecule has 0 aliphatic rings. The standard InChI is InChI=1S/C13H4Cl3F13/c14-8(15,16)3-5-6(9(17,12(24,25)26)13(27,28)29)1-4(10(18,19)20)2-7(5)11(21,22)23/h1-2H,3H2. The van der Waals surface area contributed by atoms with Crippen LogP contribution in [0.3, 0.4) is 0 Å². The summed E-state index contributed by atoms with van der Waals surface area (Å²) in [6.45, 7) is 0. The Hall–Kier alpha value is -0.820. The summed E-state index contributed by atoms with van der Waals surface area (Å²) in [5, 5.41) is 0. The van der Waals surface area contributed by atoms with Gasteiger partial charge >= 0.3 is 30.4 Å². The highest BCUT2D eigenvalue weighted by atomic mass is 35.6. The molecule has 1 aromatic rings. The largest absolute Gasteiger partial charge is 0.435 e. The van der Waals surface area contributed by atoms with Gasteiger partial charge in [-0.3, -0.25) is 0 Å². The van der Waals surface area contributed by atoms with Crippen LogP contribution in [0.5, 0.6) is 0 Å². The Bertz CT molecular complexity index is 736. The molecule has 0 aromatic heterocycles. The molecule has 1 rings (SSSR count). The summed E-state index contributed by atoms with van der Waals surface area (Å²) in [6, 6.07) is -1.84. The molecule has 0 N–H and O–H groups in total. The maximum absolute atomic E-state index is 14.4. The van der Waals surface area contributed by atoms with Gasteiger partial charge < -0.3 is 0 Å². The molecule has 0 nitrogen and oxygen atoms in total. The fourth-order valence-electron chi connectivity index (χ4n) is 2.25. The molecule has 0 amide bonds. The van der Waals surface area contributed by atoms with Crippen LogP contribution in [0.25, 0.3) is 0 Å². The molecule has 1 aromatic carbocycles. The predicted octanol–water partition coefficient (Wildman–Crippen LogP) is 7.93. The van der Waals surface area contributed by atoms with Crippen molar-refractivity contribution in [3.8, 4) is 0 Å². The number of hydrogen-bond donors (Lipinski definition) is 0. The van der Waals surface area contributed by atoms with E-state index >= 15 is 0 Å². The molecule has 0 saturated heterocycles. The van der Waals surface area contributed by atoms with E-state index in [1.54, 1.807) is 0 Å². The third-order valence-electron chi connectivity index (χ3n) is 3.41. The number of benzene rings is 1. The lowest BCUT2D eigenvalue weighted by Gasteiger charge is -2.34. The van der Waals surface area contributed by atoms with Gasteiger partial charge in [-0.1, -0.05) is 34.8 Å². The van der Waals surface area contributed by atoms with Gasteiger partial charge in [-0.15, -0.1) is 0 Å². The van der Waals surface area contributed by atoms with Gasteiger partial charge in [0.15, 0.2) is 3.79 Å². The molecular formula is C13H4Cl3F13. The fraction of sp³-hybridized carbons (Fsp3) is 0.538. The Morgan fingerprint density at radius 2 is 0.966 bits per heavy atom. The first kappa shape index (κ1) is 26.2. The van der Waals surface area contributed by atoms with Gasteiger partial charge in [-0.25, -0.2) is 4.39 Å². The third kappa shape index (κ3) is 5.46. The highest BCUT2D eigenvalue weighted by Crippen LogP contribution is 2.56. The van der Waals surface area contributed by atoms with Crippen molar-refractivity contribution in [2.45, 2.75) is 40.6 Å². The van der Waals surface area contributed by atoms with Crippen molar-refractivity contribution in [1.82, 2.24) is 0 Å². The number of hydrogen-bond acceptors (Lipinski definition) is 0. The van der Waals surface area contributed by atoms with Crippen LogP contribution in [0.4, 0.5) is 57.1 Å². The second-order valence-electron chi connectivity index (χ2n) is 5.49. The van der Waals surface area contributed by atoms with E-state index < -0.39 is 75.0 Å². The Morgan fingerprint density at radius 1 is 0.586 bits per heavy atom. The quantitative estimate of drug-likeness (QED) is 0.278. The molecule has 0 atom stereocenters. The Morgan fingerprint density at radius 3 is 1.24 bits per heavy atom. The van der Waals surface area contributed by atoms with Crippen LogP contribution in [0, 0.1) is 0 Å². The predicted molar refractivity (Wildman–Crippen MR) is 75.3 cm³/mol. The van der Waals surface area contributed by atoms with Crippen LogP contribution in [-0.2, 0) is 24.4 Å². The lowest BCUT2D eigenvalue weighted by Crippen LogP contribution is -2.51. The van der Waals surface area contributed by atoms with Crippen LogP contribution >= 0.6 is 34.8 Å². The van der Waals surface area contributed by atoms with Gasteiger partial charge in [0, 0.05) is 12.0 Å². The SMILES string of the molecule is FC(F)(F)c1cc(C(F)(F)F)c(CC(Cl)(Cl)Cl)c(C(F)(C(F)(F)F)C(F)(F)F)c1. The molecule has 16 heteroatoms. The van der Waals surface area contributed by atoms with E-state index in [1.165, 1.54) is 0 Å². The minimum Gasteiger partial charge on any atom is -0.218 e. The smallest absolute Gasteiger partial charge is 0.218 e. The average Bonchev–Trinajstić information content (AvgIpc) is 2.39. The zero-order chi connectivity index (χ0) is 23.4. The van der Waals surface area contributed by atoms with E-state index in [2.05, 4.69) is 0 Å². The minimum absolute atomic E-state index is 0.803. The zero-order valence-electron chi connectivity index (χ0n) is 12.9. The summed E-state index contributed by atoms with van der Waals surface area (Å²) in [4.78, 5) is 0. The Labute approximate surface area is 167 Å². The second kappa shape index (κ2) is 7.40. The van der Waals surface area contributed by atoms with E-state index in [1.807, 2.05) is 0 Å². The second-order valence-corrected chi connectivity index (χ2v) is 8.01. The number of halogens is 16. The molecule has 0 fully saturated rings. The van der Waals surface area contributed by atoms with Gasteiger partial charge in [0.1, 0.15) is 0 Å². The fourth-order valence-corrected chi connectivity index (χ4v) is 2.65. The minimum atomic E-state index is -7.01.